The lowest BCUT2D eigenvalue weighted by Crippen LogP contribution is -2.41. The molecule has 2 aliphatic rings. The molecular weight excluding hydrogens is 404 g/mol. The first-order valence-corrected chi connectivity index (χ1v) is 10.7. The number of hydroxylamine groups is 2. The second-order valence-electron chi connectivity index (χ2n) is 8.55. The zero-order chi connectivity index (χ0) is 19.2. The summed E-state index contributed by atoms with van der Waals surface area (Å²) >= 11 is 3.66. The molecule has 0 spiro atoms. The van der Waals surface area contributed by atoms with E-state index in [-0.39, 0.29) is 5.54 Å². The highest BCUT2D eigenvalue weighted by Crippen LogP contribution is 2.40. The number of ether oxygens (including phenoxy) is 1. The normalized spacial score (nSPS) is 18.0. The van der Waals surface area contributed by atoms with Crippen molar-refractivity contribution in [1.29, 1.82) is 0 Å². The Balaban J connectivity index is 1.73. The molecule has 27 heavy (non-hydrogen) atoms. The van der Waals surface area contributed by atoms with Crippen LogP contribution in [0.15, 0.2) is 22.7 Å². The Morgan fingerprint density at radius 2 is 1.85 bits per heavy atom. The van der Waals surface area contributed by atoms with Gasteiger partial charge in [0.2, 0.25) is 0 Å². The Bertz CT molecular complexity index is 851. The van der Waals surface area contributed by atoms with Gasteiger partial charge in [0.1, 0.15) is 12.4 Å². The summed E-state index contributed by atoms with van der Waals surface area (Å²) in [6.45, 7) is 9.32. The largest absolute Gasteiger partial charge is 0.496 e. The van der Waals surface area contributed by atoms with E-state index in [4.69, 9.17) is 9.57 Å². The van der Waals surface area contributed by atoms with E-state index in [9.17, 15) is 0 Å². The molecule has 0 saturated carbocycles. The Morgan fingerprint density at radius 3 is 2.59 bits per heavy atom. The predicted molar refractivity (Wildman–Crippen MR) is 112 cm³/mol. The van der Waals surface area contributed by atoms with Crippen molar-refractivity contribution < 1.29 is 9.57 Å². The summed E-state index contributed by atoms with van der Waals surface area (Å²) in [5.41, 5.74) is 6.81. The maximum Gasteiger partial charge on any atom is 0.133 e. The van der Waals surface area contributed by atoms with Crippen LogP contribution in [0.3, 0.4) is 0 Å². The number of hydrogen-bond donors (Lipinski definition) is 0. The van der Waals surface area contributed by atoms with Crippen LogP contribution in [0.1, 0.15) is 50.4 Å². The molecule has 4 rings (SSSR count). The number of nitrogens with zero attached hydrogens (tertiary/aromatic N) is 2. The van der Waals surface area contributed by atoms with Crippen LogP contribution in [-0.2, 0) is 30.8 Å². The van der Waals surface area contributed by atoms with Crippen molar-refractivity contribution in [3.05, 3.63) is 39.5 Å². The molecule has 0 bridgehead atoms. The molecule has 0 unspecified atom stereocenters. The fraction of sp³-hybridized carbons (Fsp3) is 0.545. The molecule has 0 N–H and O–H groups in total. The molecule has 4 nitrogen and oxygen atoms in total. The smallest absolute Gasteiger partial charge is 0.133 e. The lowest BCUT2D eigenvalue weighted by molar-refractivity contribution is -0.220. The van der Waals surface area contributed by atoms with Crippen molar-refractivity contribution in [3.63, 3.8) is 0 Å². The fourth-order valence-electron chi connectivity index (χ4n) is 4.24. The second kappa shape index (κ2) is 7.26. The van der Waals surface area contributed by atoms with Crippen LogP contribution >= 0.6 is 15.9 Å². The number of halogens is 1. The zero-order valence-corrected chi connectivity index (χ0v) is 18.4. The number of benzene rings is 1. The Labute approximate surface area is 170 Å². The third-order valence-electron chi connectivity index (χ3n) is 5.72. The number of aryl methyl sites for hydroxylation is 2. The molecule has 2 aliphatic heterocycles. The van der Waals surface area contributed by atoms with Gasteiger partial charge >= 0.3 is 0 Å². The van der Waals surface area contributed by atoms with Gasteiger partial charge in [0, 0.05) is 35.6 Å². The lowest BCUT2D eigenvalue weighted by atomic mass is 9.98. The monoisotopic (exact) mass is 432 g/mol. The minimum Gasteiger partial charge on any atom is -0.496 e. The van der Waals surface area contributed by atoms with Crippen LogP contribution in [0, 0.1) is 0 Å². The van der Waals surface area contributed by atoms with Crippen molar-refractivity contribution in [1.82, 2.24) is 9.63 Å². The first-order valence-electron chi connectivity index (χ1n) is 9.87. The summed E-state index contributed by atoms with van der Waals surface area (Å²) in [4.78, 5) is 6.31. The SMILES string of the molecule is COc1cc2c(cc1Br)-c1cc3c(n1CC2)CON(C(C)(C)C)CCCC3. The molecule has 2 aromatic rings. The highest BCUT2D eigenvalue weighted by molar-refractivity contribution is 9.10. The van der Waals surface area contributed by atoms with Crippen LogP contribution in [0.2, 0.25) is 0 Å². The van der Waals surface area contributed by atoms with E-state index in [1.54, 1.807) is 7.11 Å². The van der Waals surface area contributed by atoms with E-state index < -0.39 is 0 Å². The number of fused-ring (bicyclic) bond motifs is 5. The third-order valence-corrected chi connectivity index (χ3v) is 6.34. The number of aromatic nitrogens is 1. The van der Waals surface area contributed by atoms with Gasteiger partial charge in [0.15, 0.2) is 0 Å². The Morgan fingerprint density at radius 1 is 1.04 bits per heavy atom. The first-order chi connectivity index (χ1) is 12.9. The van der Waals surface area contributed by atoms with Crippen LogP contribution in [-0.4, -0.2) is 28.8 Å². The van der Waals surface area contributed by atoms with Gasteiger partial charge in [-0.15, -0.1) is 0 Å². The van der Waals surface area contributed by atoms with Crippen LogP contribution in [0.4, 0.5) is 0 Å². The van der Waals surface area contributed by atoms with E-state index in [2.05, 4.69) is 64.5 Å². The molecular formula is C22H29BrN2O2. The molecule has 5 heteroatoms. The summed E-state index contributed by atoms with van der Waals surface area (Å²) in [5, 5.41) is 2.17. The number of methoxy groups -OCH3 is 1. The van der Waals surface area contributed by atoms with Gasteiger partial charge < -0.3 is 9.30 Å². The highest BCUT2D eigenvalue weighted by Gasteiger charge is 2.27. The van der Waals surface area contributed by atoms with Gasteiger partial charge in [-0.1, -0.05) is 0 Å². The van der Waals surface area contributed by atoms with Gasteiger partial charge in [-0.3, -0.25) is 4.84 Å². The Kier molecular flexibility index (Phi) is 5.12. The van der Waals surface area contributed by atoms with Gasteiger partial charge in [0.25, 0.3) is 0 Å². The molecule has 1 aromatic heterocycles. The maximum atomic E-state index is 6.31. The molecule has 0 saturated heterocycles. The van der Waals surface area contributed by atoms with E-state index >= 15 is 0 Å². The quantitative estimate of drug-likeness (QED) is 0.607. The van der Waals surface area contributed by atoms with Crippen LogP contribution in [0.5, 0.6) is 5.75 Å². The number of rotatable bonds is 1. The molecule has 0 fully saturated rings. The van der Waals surface area contributed by atoms with Crippen LogP contribution in [0.25, 0.3) is 11.3 Å². The summed E-state index contributed by atoms with van der Waals surface area (Å²) in [6.07, 6.45) is 4.52. The maximum absolute atomic E-state index is 6.31. The van der Waals surface area contributed by atoms with Crippen molar-refractivity contribution in [2.24, 2.45) is 0 Å². The van der Waals surface area contributed by atoms with Gasteiger partial charge in [-0.25, -0.2) is 0 Å². The zero-order valence-electron chi connectivity index (χ0n) is 16.8. The van der Waals surface area contributed by atoms with Crippen molar-refractivity contribution in [2.45, 2.75) is 65.1 Å². The van der Waals surface area contributed by atoms with Crippen molar-refractivity contribution in [3.8, 4) is 17.0 Å². The molecule has 0 amide bonds. The standard InChI is InChI=1S/C22H29BrN2O2/c1-22(2,3)25-9-6-5-7-16-11-19-17-13-18(23)21(26-4)12-15(17)8-10-24(19)20(16)14-27-25/h11-13H,5-10,14H2,1-4H3. The minimum atomic E-state index is 0.0237. The average Bonchev–Trinajstić information content (AvgIpc) is 3.00. The third kappa shape index (κ3) is 3.57. The van der Waals surface area contributed by atoms with E-state index in [0.717, 1.165) is 42.6 Å². The summed E-state index contributed by atoms with van der Waals surface area (Å²) < 4.78 is 8.98. The lowest BCUT2D eigenvalue weighted by Gasteiger charge is -2.34. The molecule has 0 atom stereocenters. The average molecular weight is 433 g/mol. The van der Waals surface area contributed by atoms with Crippen molar-refractivity contribution >= 4 is 15.9 Å². The summed E-state index contributed by atoms with van der Waals surface area (Å²) in [7, 11) is 1.73. The topological polar surface area (TPSA) is 26.6 Å². The molecule has 3 heterocycles. The first kappa shape index (κ1) is 19.0. The van der Waals surface area contributed by atoms with Gasteiger partial charge in [-0.05, 0) is 91.7 Å². The molecule has 0 aliphatic carbocycles. The molecule has 1 aromatic carbocycles. The summed E-state index contributed by atoms with van der Waals surface area (Å²) in [6, 6.07) is 6.78. The van der Waals surface area contributed by atoms with Crippen molar-refractivity contribution in [2.75, 3.05) is 13.7 Å². The second-order valence-corrected chi connectivity index (χ2v) is 9.40. The predicted octanol–water partition coefficient (Wildman–Crippen LogP) is 5.35. The minimum absolute atomic E-state index is 0.0237. The summed E-state index contributed by atoms with van der Waals surface area (Å²) in [5.74, 6) is 0.910. The van der Waals surface area contributed by atoms with Gasteiger partial charge in [-0.2, -0.15) is 5.06 Å². The van der Waals surface area contributed by atoms with E-state index in [0.29, 0.717) is 6.61 Å². The Hall–Kier alpha value is -1.30. The molecule has 0 radical (unpaired) electrons. The van der Waals surface area contributed by atoms with Crippen LogP contribution < -0.4 is 4.74 Å². The molecule has 146 valence electrons. The van der Waals surface area contributed by atoms with E-state index in [1.165, 1.54) is 34.5 Å². The number of hydrogen-bond acceptors (Lipinski definition) is 3. The van der Waals surface area contributed by atoms with Gasteiger partial charge in [0.05, 0.1) is 11.6 Å². The highest BCUT2D eigenvalue weighted by atomic mass is 79.9. The fourth-order valence-corrected chi connectivity index (χ4v) is 4.75. The van der Waals surface area contributed by atoms with E-state index in [1.807, 2.05) is 0 Å².